The monoisotopic (exact) mass is 282 g/mol. The van der Waals surface area contributed by atoms with Crippen molar-refractivity contribution in [1.29, 1.82) is 0 Å². The van der Waals surface area contributed by atoms with Crippen LogP contribution >= 0.6 is 0 Å². The number of amides is 1. The lowest BCUT2D eigenvalue weighted by Crippen LogP contribution is -2.48. The zero-order chi connectivity index (χ0) is 14.2. The molecule has 1 fully saturated rings. The summed E-state index contributed by atoms with van der Waals surface area (Å²) in [7, 11) is 0. The minimum atomic E-state index is -0.262. The standard InChI is InChI=1S/C17H18N2O2/c20-17(15-10-21-9-8-18-15)19-14-7-6-12-5-4-11-2-1-3-13(14)16(11)12/h1-3,6-7,15,18H,4-5,8-10H2,(H,19,20). The van der Waals surface area contributed by atoms with E-state index >= 15 is 0 Å². The van der Waals surface area contributed by atoms with E-state index < -0.39 is 0 Å². The molecule has 2 N–H and O–H groups in total. The predicted molar refractivity (Wildman–Crippen MR) is 82.6 cm³/mol. The second-order valence-electron chi connectivity index (χ2n) is 5.68. The summed E-state index contributed by atoms with van der Waals surface area (Å²) in [6.45, 7) is 1.83. The maximum absolute atomic E-state index is 12.3. The third-order valence-corrected chi connectivity index (χ3v) is 4.37. The van der Waals surface area contributed by atoms with Gasteiger partial charge in [0.25, 0.3) is 0 Å². The van der Waals surface area contributed by atoms with E-state index in [4.69, 9.17) is 4.74 Å². The van der Waals surface area contributed by atoms with Crippen LogP contribution in [0.4, 0.5) is 5.69 Å². The Labute approximate surface area is 123 Å². The fourth-order valence-electron chi connectivity index (χ4n) is 3.31. The Morgan fingerprint density at radius 1 is 1.19 bits per heavy atom. The van der Waals surface area contributed by atoms with Gasteiger partial charge in [-0.15, -0.1) is 0 Å². The molecule has 0 aromatic heterocycles. The second-order valence-corrected chi connectivity index (χ2v) is 5.68. The number of nitrogens with one attached hydrogen (secondary N) is 2. The zero-order valence-electron chi connectivity index (χ0n) is 11.8. The fourth-order valence-corrected chi connectivity index (χ4v) is 3.31. The average molecular weight is 282 g/mol. The van der Waals surface area contributed by atoms with Gasteiger partial charge in [-0.1, -0.05) is 24.3 Å². The number of aryl methyl sites for hydroxylation is 2. The molecule has 0 saturated carbocycles. The Balaban J connectivity index is 1.67. The summed E-state index contributed by atoms with van der Waals surface area (Å²) in [6.07, 6.45) is 2.20. The number of hydrogen-bond donors (Lipinski definition) is 2. The van der Waals surface area contributed by atoms with Crippen molar-refractivity contribution in [2.75, 3.05) is 25.1 Å². The number of carbonyl (C=O) groups is 1. The van der Waals surface area contributed by atoms with E-state index in [1.165, 1.54) is 16.5 Å². The van der Waals surface area contributed by atoms with Crippen molar-refractivity contribution in [3.63, 3.8) is 0 Å². The van der Waals surface area contributed by atoms with Crippen molar-refractivity contribution in [2.24, 2.45) is 0 Å². The van der Waals surface area contributed by atoms with Crippen LogP contribution in [0.15, 0.2) is 30.3 Å². The summed E-state index contributed by atoms with van der Waals surface area (Å²) < 4.78 is 5.35. The summed E-state index contributed by atoms with van der Waals surface area (Å²) in [5.41, 5.74) is 3.67. The van der Waals surface area contributed by atoms with Gasteiger partial charge in [0.2, 0.25) is 5.91 Å². The normalized spacial score (nSPS) is 20.7. The van der Waals surface area contributed by atoms with Crippen LogP contribution in [0.25, 0.3) is 10.8 Å². The average Bonchev–Trinajstić information content (AvgIpc) is 2.96. The molecule has 1 aliphatic carbocycles. The number of hydrogen-bond acceptors (Lipinski definition) is 3. The molecule has 1 heterocycles. The molecule has 1 amide bonds. The van der Waals surface area contributed by atoms with Crippen LogP contribution in [0, 0.1) is 0 Å². The Hall–Kier alpha value is -1.91. The first-order chi connectivity index (χ1) is 10.3. The number of benzene rings is 2. The van der Waals surface area contributed by atoms with Gasteiger partial charge in [0.1, 0.15) is 6.04 Å². The molecule has 1 saturated heterocycles. The molecule has 4 rings (SSSR count). The van der Waals surface area contributed by atoms with E-state index in [-0.39, 0.29) is 11.9 Å². The van der Waals surface area contributed by atoms with Gasteiger partial charge in [-0.3, -0.25) is 4.79 Å². The van der Waals surface area contributed by atoms with E-state index in [1.807, 2.05) is 6.07 Å². The summed E-state index contributed by atoms with van der Waals surface area (Å²) in [6, 6.07) is 10.2. The van der Waals surface area contributed by atoms with Gasteiger partial charge in [0, 0.05) is 17.6 Å². The number of rotatable bonds is 2. The van der Waals surface area contributed by atoms with Gasteiger partial charge in [-0.2, -0.15) is 0 Å². The van der Waals surface area contributed by atoms with Crippen LogP contribution in [0.2, 0.25) is 0 Å². The third kappa shape index (κ3) is 2.20. The van der Waals surface area contributed by atoms with Crippen LogP contribution in [0.3, 0.4) is 0 Å². The Bertz CT molecular complexity index is 695. The molecule has 1 unspecified atom stereocenters. The number of ether oxygens (including phenoxy) is 1. The second kappa shape index (κ2) is 5.13. The van der Waals surface area contributed by atoms with E-state index in [0.29, 0.717) is 13.2 Å². The largest absolute Gasteiger partial charge is 0.378 e. The molecule has 1 aliphatic heterocycles. The van der Waals surface area contributed by atoms with Crippen LogP contribution in [0.1, 0.15) is 11.1 Å². The van der Waals surface area contributed by atoms with Gasteiger partial charge in [0.05, 0.1) is 13.2 Å². The number of carbonyl (C=O) groups excluding carboxylic acids is 1. The highest BCUT2D eigenvalue weighted by Crippen LogP contribution is 2.34. The van der Waals surface area contributed by atoms with Crippen molar-refractivity contribution < 1.29 is 9.53 Å². The smallest absolute Gasteiger partial charge is 0.243 e. The van der Waals surface area contributed by atoms with E-state index in [9.17, 15) is 4.79 Å². The molecule has 108 valence electrons. The molecule has 2 aromatic carbocycles. The molecule has 4 heteroatoms. The van der Waals surface area contributed by atoms with Gasteiger partial charge in [-0.25, -0.2) is 0 Å². The van der Waals surface area contributed by atoms with Gasteiger partial charge < -0.3 is 15.4 Å². The topological polar surface area (TPSA) is 50.4 Å². The Morgan fingerprint density at radius 2 is 2.05 bits per heavy atom. The van der Waals surface area contributed by atoms with Crippen molar-refractivity contribution in [1.82, 2.24) is 5.32 Å². The van der Waals surface area contributed by atoms with Crippen LogP contribution in [0.5, 0.6) is 0 Å². The summed E-state index contributed by atoms with van der Waals surface area (Å²) >= 11 is 0. The van der Waals surface area contributed by atoms with Crippen LogP contribution in [-0.2, 0) is 22.4 Å². The molecular weight excluding hydrogens is 264 g/mol. The van der Waals surface area contributed by atoms with Crippen molar-refractivity contribution in [2.45, 2.75) is 18.9 Å². The maximum atomic E-state index is 12.3. The maximum Gasteiger partial charge on any atom is 0.243 e. The van der Waals surface area contributed by atoms with Gasteiger partial charge in [-0.05, 0) is 35.4 Å². The molecular formula is C17H18N2O2. The lowest BCUT2D eigenvalue weighted by atomic mass is 10.0. The Morgan fingerprint density at radius 3 is 2.86 bits per heavy atom. The van der Waals surface area contributed by atoms with E-state index in [0.717, 1.165) is 30.5 Å². The molecule has 1 atom stereocenters. The molecule has 4 nitrogen and oxygen atoms in total. The first-order valence-electron chi connectivity index (χ1n) is 7.48. The third-order valence-electron chi connectivity index (χ3n) is 4.37. The quantitative estimate of drug-likeness (QED) is 0.884. The highest BCUT2D eigenvalue weighted by molar-refractivity contribution is 6.06. The number of anilines is 1. The summed E-state index contributed by atoms with van der Waals surface area (Å²) in [4.78, 5) is 12.3. The van der Waals surface area contributed by atoms with E-state index in [2.05, 4.69) is 34.9 Å². The predicted octanol–water partition coefficient (Wildman–Crippen LogP) is 1.87. The molecule has 2 aromatic rings. The Kier molecular flexibility index (Phi) is 3.13. The zero-order valence-corrected chi connectivity index (χ0v) is 11.8. The first kappa shape index (κ1) is 12.8. The minimum absolute atomic E-state index is 0.0200. The molecule has 21 heavy (non-hydrogen) atoms. The first-order valence-corrected chi connectivity index (χ1v) is 7.48. The highest BCUT2D eigenvalue weighted by atomic mass is 16.5. The molecule has 0 radical (unpaired) electrons. The van der Waals surface area contributed by atoms with Crippen molar-refractivity contribution in [3.8, 4) is 0 Å². The van der Waals surface area contributed by atoms with Crippen molar-refractivity contribution in [3.05, 3.63) is 41.5 Å². The summed E-state index contributed by atoms with van der Waals surface area (Å²) in [5, 5.41) is 8.71. The molecule has 0 bridgehead atoms. The van der Waals surface area contributed by atoms with Gasteiger partial charge in [0.15, 0.2) is 0 Å². The molecule has 0 spiro atoms. The fraction of sp³-hybridized carbons (Fsp3) is 0.353. The van der Waals surface area contributed by atoms with Gasteiger partial charge >= 0.3 is 0 Å². The van der Waals surface area contributed by atoms with Crippen LogP contribution in [-0.4, -0.2) is 31.7 Å². The van der Waals surface area contributed by atoms with Crippen molar-refractivity contribution >= 4 is 22.4 Å². The lowest BCUT2D eigenvalue weighted by Gasteiger charge is -2.23. The van der Waals surface area contributed by atoms with E-state index in [1.54, 1.807) is 0 Å². The molecule has 2 aliphatic rings. The van der Waals surface area contributed by atoms with Crippen LogP contribution < -0.4 is 10.6 Å². The number of morpholine rings is 1. The SMILES string of the molecule is O=C(Nc1ccc2c3c(cccc13)CC2)C1COCCN1. The highest BCUT2D eigenvalue weighted by Gasteiger charge is 2.22. The minimum Gasteiger partial charge on any atom is -0.378 e. The lowest BCUT2D eigenvalue weighted by molar-refractivity contribution is -0.120. The summed E-state index contributed by atoms with van der Waals surface area (Å²) in [5.74, 6) is -0.0200.